The third kappa shape index (κ3) is 3.76. The maximum atomic E-state index is 9.96. The molecule has 1 aromatic heterocycles. The molecule has 0 aromatic carbocycles. The summed E-state index contributed by atoms with van der Waals surface area (Å²) in [7, 11) is 0. The van der Waals surface area contributed by atoms with Crippen LogP contribution in [0.4, 0.5) is 0 Å². The second-order valence-corrected chi connectivity index (χ2v) is 5.21. The van der Waals surface area contributed by atoms with Crippen molar-refractivity contribution >= 4 is 0 Å². The van der Waals surface area contributed by atoms with Crippen LogP contribution in [0.25, 0.3) is 0 Å². The summed E-state index contributed by atoms with van der Waals surface area (Å²) in [4.78, 5) is 4.41. The third-order valence-electron chi connectivity index (χ3n) is 3.82. The van der Waals surface area contributed by atoms with E-state index in [0.29, 0.717) is 24.7 Å². The lowest BCUT2D eigenvalue weighted by atomic mass is 9.84. The highest BCUT2D eigenvalue weighted by molar-refractivity contribution is 4.93. The minimum Gasteiger partial charge on any atom is -0.393 e. The highest BCUT2D eigenvalue weighted by Crippen LogP contribution is 2.27. The number of aliphatic hydroxyl groups excluding tert-OH is 1. The molecule has 0 amide bonds. The van der Waals surface area contributed by atoms with E-state index < -0.39 is 0 Å². The van der Waals surface area contributed by atoms with Crippen molar-refractivity contribution in [2.45, 2.75) is 64.6 Å². The van der Waals surface area contributed by atoms with Crippen molar-refractivity contribution in [2.24, 2.45) is 5.92 Å². The molecule has 1 heterocycles. The molecule has 1 aromatic rings. The van der Waals surface area contributed by atoms with Gasteiger partial charge < -0.3 is 14.4 Å². The maximum Gasteiger partial charge on any atom is 0.227 e. The Morgan fingerprint density at radius 3 is 2.84 bits per heavy atom. The Hall–Kier alpha value is -0.940. The Morgan fingerprint density at radius 1 is 1.37 bits per heavy atom. The van der Waals surface area contributed by atoms with E-state index >= 15 is 0 Å². The van der Waals surface area contributed by atoms with Gasteiger partial charge in [-0.25, -0.2) is 0 Å². The van der Waals surface area contributed by atoms with Gasteiger partial charge in [-0.2, -0.15) is 4.98 Å². The smallest absolute Gasteiger partial charge is 0.227 e. The van der Waals surface area contributed by atoms with Crippen LogP contribution in [-0.4, -0.2) is 28.0 Å². The molecular weight excluding hydrogens is 244 g/mol. The SMILES string of the molecule is CCOC(CC)c1noc(CC2CCCCC2O)n1. The monoisotopic (exact) mass is 268 g/mol. The predicted octanol–water partition coefficient (Wildman–Crippen LogP) is 2.65. The second kappa shape index (κ2) is 7.01. The Labute approximate surface area is 114 Å². The zero-order valence-corrected chi connectivity index (χ0v) is 11.8. The number of aromatic nitrogens is 2. The number of nitrogens with zero attached hydrogens (tertiary/aromatic N) is 2. The summed E-state index contributed by atoms with van der Waals surface area (Å²) in [6.45, 7) is 4.65. The molecule has 1 saturated carbocycles. The molecule has 2 rings (SSSR count). The van der Waals surface area contributed by atoms with Crippen molar-refractivity contribution in [2.75, 3.05) is 6.61 Å². The maximum absolute atomic E-state index is 9.96. The predicted molar refractivity (Wildman–Crippen MR) is 70.6 cm³/mol. The highest BCUT2D eigenvalue weighted by atomic mass is 16.5. The van der Waals surface area contributed by atoms with Crippen LogP contribution in [-0.2, 0) is 11.2 Å². The van der Waals surface area contributed by atoms with Gasteiger partial charge in [0.2, 0.25) is 11.7 Å². The topological polar surface area (TPSA) is 68.4 Å². The molecule has 1 aliphatic rings. The first-order valence-electron chi connectivity index (χ1n) is 7.36. The number of ether oxygens (including phenoxy) is 1. The summed E-state index contributed by atoms with van der Waals surface area (Å²) in [6, 6.07) is 0. The minimum absolute atomic E-state index is 0.0845. The third-order valence-corrected chi connectivity index (χ3v) is 3.82. The number of hydrogen-bond acceptors (Lipinski definition) is 5. The van der Waals surface area contributed by atoms with E-state index in [1.165, 1.54) is 6.42 Å². The van der Waals surface area contributed by atoms with Crippen LogP contribution >= 0.6 is 0 Å². The van der Waals surface area contributed by atoms with E-state index in [0.717, 1.165) is 25.7 Å². The van der Waals surface area contributed by atoms with E-state index in [9.17, 15) is 5.11 Å². The average molecular weight is 268 g/mol. The van der Waals surface area contributed by atoms with Crippen LogP contribution in [0.15, 0.2) is 4.52 Å². The molecule has 3 atom stereocenters. The van der Waals surface area contributed by atoms with E-state index in [-0.39, 0.29) is 18.1 Å². The van der Waals surface area contributed by atoms with E-state index in [1.54, 1.807) is 0 Å². The van der Waals surface area contributed by atoms with Crippen molar-refractivity contribution < 1.29 is 14.4 Å². The molecule has 3 unspecified atom stereocenters. The van der Waals surface area contributed by atoms with Gasteiger partial charge in [0.15, 0.2) is 0 Å². The van der Waals surface area contributed by atoms with Gasteiger partial charge in [0, 0.05) is 13.0 Å². The van der Waals surface area contributed by atoms with Crippen LogP contribution in [0.3, 0.4) is 0 Å². The Balaban J connectivity index is 1.96. The highest BCUT2D eigenvalue weighted by Gasteiger charge is 2.26. The van der Waals surface area contributed by atoms with E-state index in [2.05, 4.69) is 10.1 Å². The lowest BCUT2D eigenvalue weighted by molar-refractivity contribution is 0.0518. The Bertz CT molecular complexity index is 381. The molecule has 1 aliphatic carbocycles. The molecule has 0 bridgehead atoms. The van der Waals surface area contributed by atoms with Gasteiger partial charge in [0.1, 0.15) is 6.10 Å². The summed E-state index contributed by atoms with van der Waals surface area (Å²) in [5.41, 5.74) is 0. The van der Waals surface area contributed by atoms with Crippen LogP contribution in [0.1, 0.15) is 63.8 Å². The lowest BCUT2D eigenvalue weighted by Crippen LogP contribution is -2.26. The van der Waals surface area contributed by atoms with Crippen molar-refractivity contribution in [1.82, 2.24) is 10.1 Å². The number of hydrogen-bond donors (Lipinski definition) is 1. The molecule has 5 nitrogen and oxygen atoms in total. The normalized spacial score (nSPS) is 25.4. The number of aliphatic hydroxyl groups is 1. The largest absolute Gasteiger partial charge is 0.393 e. The average Bonchev–Trinajstić information content (AvgIpc) is 2.87. The first kappa shape index (κ1) is 14.5. The van der Waals surface area contributed by atoms with Crippen LogP contribution in [0, 0.1) is 5.92 Å². The van der Waals surface area contributed by atoms with Gasteiger partial charge in [-0.05, 0) is 32.1 Å². The molecule has 0 radical (unpaired) electrons. The zero-order chi connectivity index (χ0) is 13.7. The van der Waals surface area contributed by atoms with E-state index in [1.807, 2.05) is 13.8 Å². The van der Waals surface area contributed by atoms with Gasteiger partial charge in [-0.1, -0.05) is 24.9 Å². The fourth-order valence-electron chi connectivity index (χ4n) is 2.71. The van der Waals surface area contributed by atoms with Crippen LogP contribution in [0.5, 0.6) is 0 Å². The standard InChI is InChI=1S/C14H24N2O3/c1-3-12(18-4-2)14-15-13(19-16-14)9-10-7-5-6-8-11(10)17/h10-12,17H,3-9H2,1-2H3. The van der Waals surface area contributed by atoms with Gasteiger partial charge >= 0.3 is 0 Å². The molecule has 0 saturated heterocycles. The first-order valence-corrected chi connectivity index (χ1v) is 7.36. The lowest BCUT2D eigenvalue weighted by Gasteiger charge is -2.26. The van der Waals surface area contributed by atoms with Crippen molar-refractivity contribution in [3.63, 3.8) is 0 Å². The van der Waals surface area contributed by atoms with Gasteiger partial charge in [-0.15, -0.1) is 0 Å². The van der Waals surface area contributed by atoms with Crippen molar-refractivity contribution in [1.29, 1.82) is 0 Å². The molecule has 0 spiro atoms. The Morgan fingerprint density at radius 2 is 2.16 bits per heavy atom. The fraction of sp³-hybridized carbons (Fsp3) is 0.857. The summed E-state index contributed by atoms with van der Waals surface area (Å²) in [6.07, 6.45) is 5.44. The fourth-order valence-corrected chi connectivity index (χ4v) is 2.71. The molecule has 5 heteroatoms. The van der Waals surface area contributed by atoms with Gasteiger partial charge in [-0.3, -0.25) is 0 Å². The van der Waals surface area contributed by atoms with Crippen molar-refractivity contribution in [3.05, 3.63) is 11.7 Å². The summed E-state index contributed by atoms with van der Waals surface area (Å²) >= 11 is 0. The number of rotatable bonds is 6. The van der Waals surface area contributed by atoms with E-state index in [4.69, 9.17) is 9.26 Å². The molecule has 0 aliphatic heterocycles. The summed E-state index contributed by atoms with van der Waals surface area (Å²) in [5.74, 6) is 1.51. The van der Waals surface area contributed by atoms with Crippen molar-refractivity contribution in [3.8, 4) is 0 Å². The van der Waals surface area contributed by atoms with Crippen LogP contribution in [0.2, 0.25) is 0 Å². The van der Waals surface area contributed by atoms with Gasteiger partial charge in [0.05, 0.1) is 6.10 Å². The molecule has 19 heavy (non-hydrogen) atoms. The zero-order valence-electron chi connectivity index (χ0n) is 11.8. The Kier molecular flexibility index (Phi) is 5.34. The molecule has 1 fully saturated rings. The minimum atomic E-state index is -0.224. The molecule has 108 valence electrons. The summed E-state index contributed by atoms with van der Waals surface area (Å²) < 4.78 is 10.9. The second-order valence-electron chi connectivity index (χ2n) is 5.21. The van der Waals surface area contributed by atoms with Gasteiger partial charge in [0.25, 0.3) is 0 Å². The summed E-state index contributed by atoms with van der Waals surface area (Å²) in [5, 5.41) is 14.0. The molecule has 1 N–H and O–H groups in total. The van der Waals surface area contributed by atoms with Crippen LogP contribution < -0.4 is 0 Å². The quantitative estimate of drug-likeness (QED) is 0.859. The first-order chi connectivity index (χ1) is 9.24. The molecular formula is C14H24N2O3.